The number of oxime groups is 1. The number of thioether (sulfide) groups is 2. The van der Waals surface area contributed by atoms with E-state index in [4.69, 9.17) is 15.7 Å². The zero-order chi connectivity index (χ0) is 32.1. The maximum atomic E-state index is 13.1. The molecule has 0 saturated carbocycles. The SMILES string of the molecule is CN1CCN(CCCn2nnnc2SCC2(C(=O)O)CS[C@@H]3C(NC(=O)C(=NOCC(=O)O)c4nsc(N)n4)C(=O)N3C2)CC1. The van der Waals surface area contributed by atoms with Crippen LogP contribution in [0.3, 0.4) is 0 Å². The summed E-state index contributed by atoms with van der Waals surface area (Å²) < 4.78 is 5.59. The average Bonchev–Trinajstić information content (AvgIpc) is 3.66. The van der Waals surface area contributed by atoms with Crippen LogP contribution >= 0.6 is 35.1 Å². The van der Waals surface area contributed by atoms with Crippen LogP contribution in [0.1, 0.15) is 12.2 Å². The lowest BCUT2D eigenvalue weighted by atomic mass is 9.89. The first-order chi connectivity index (χ1) is 21.6. The van der Waals surface area contributed by atoms with Crippen molar-refractivity contribution in [1.82, 2.24) is 49.6 Å². The summed E-state index contributed by atoms with van der Waals surface area (Å²) in [5.74, 6) is -3.59. The number of piperazine rings is 1. The summed E-state index contributed by atoms with van der Waals surface area (Å²) in [5.41, 5.74) is 3.88. The van der Waals surface area contributed by atoms with Crippen molar-refractivity contribution in [3.8, 4) is 0 Å². The van der Waals surface area contributed by atoms with Crippen molar-refractivity contribution in [1.29, 1.82) is 0 Å². The van der Waals surface area contributed by atoms with Gasteiger partial charge >= 0.3 is 11.9 Å². The summed E-state index contributed by atoms with van der Waals surface area (Å²) in [5, 5.41) is 37.2. The lowest BCUT2D eigenvalue weighted by Gasteiger charge is -2.53. The first-order valence-corrected chi connectivity index (χ1v) is 16.6. The second kappa shape index (κ2) is 14.2. The third-order valence-electron chi connectivity index (χ3n) is 7.51. The smallest absolute Gasteiger partial charge is 0.344 e. The highest BCUT2D eigenvalue weighted by molar-refractivity contribution is 8.00. The Kier molecular flexibility index (Phi) is 10.4. The summed E-state index contributed by atoms with van der Waals surface area (Å²) in [6.07, 6.45) is 0.851. The standard InChI is InChI=1S/C23H32N12O7S3/c1-32-5-7-33(8-6-32)3-2-4-35-22(27-30-31-35)44-12-23(20(40)41)10-34-18(39)15(19(34)43-11-23)25-17(38)14(28-42-9-13(36)37)16-26-21(24)45-29-16/h15,19H,2-12H2,1H3,(H,25,38)(H,36,37)(H,40,41)(H2,24,26,29)/t15?,19-,23?/m1/s1. The number of tetrazole rings is 1. The molecule has 3 aliphatic rings. The molecule has 0 radical (unpaired) electrons. The number of carbonyl (C=O) groups excluding carboxylic acids is 2. The summed E-state index contributed by atoms with van der Waals surface area (Å²) in [6, 6.07) is -0.977. The zero-order valence-corrected chi connectivity index (χ0v) is 26.6. The third kappa shape index (κ3) is 7.62. The van der Waals surface area contributed by atoms with Crippen LogP contribution in [-0.4, -0.2) is 160 Å². The number of amides is 2. The van der Waals surface area contributed by atoms with Crippen LogP contribution in [0.5, 0.6) is 0 Å². The number of fused-ring (bicyclic) bond motifs is 1. The number of likely N-dealkylation sites (N-methyl/N-ethyl adjacent to an activating group) is 1. The molecule has 5 heterocycles. The Bertz CT molecular complexity index is 1450. The minimum atomic E-state index is -1.31. The van der Waals surface area contributed by atoms with Gasteiger partial charge in [-0.05, 0) is 23.9 Å². The molecule has 244 valence electrons. The summed E-state index contributed by atoms with van der Waals surface area (Å²) in [7, 11) is 2.11. The quantitative estimate of drug-likeness (QED) is 0.0714. The number of nitrogens with zero attached hydrogens (tertiary/aromatic N) is 10. The second-order valence-corrected chi connectivity index (χ2v) is 13.6. The van der Waals surface area contributed by atoms with Gasteiger partial charge in [0.1, 0.15) is 16.8 Å². The number of rotatable bonds is 14. The van der Waals surface area contributed by atoms with E-state index in [0.29, 0.717) is 11.7 Å². The van der Waals surface area contributed by atoms with Gasteiger partial charge in [0.15, 0.2) is 5.13 Å². The van der Waals surface area contributed by atoms with Crippen LogP contribution in [0.2, 0.25) is 0 Å². The largest absolute Gasteiger partial charge is 0.481 e. The molecule has 22 heteroatoms. The highest BCUT2D eigenvalue weighted by Gasteiger charge is 2.57. The van der Waals surface area contributed by atoms with Crippen molar-refractivity contribution in [3.63, 3.8) is 0 Å². The summed E-state index contributed by atoms with van der Waals surface area (Å²) in [4.78, 5) is 64.2. The number of carboxylic acid groups (broad SMARTS) is 2. The van der Waals surface area contributed by atoms with Crippen molar-refractivity contribution in [2.45, 2.75) is 29.5 Å². The number of aryl methyl sites for hydroxylation is 1. The molecule has 3 aliphatic heterocycles. The minimum absolute atomic E-state index is 0.0417. The predicted octanol–water partition coefficient (Wildman–Crippen LogP) is -2.19. The number of carboxylic acids is 2. The van der Waals surface area contributed by atoms with Gasteiger partial charge in [0.2, 0.25) is 29.2 Å². The number of hydrogen-bond donors (Lipinski definition) is 4. The Morgan fingerprint density at radius 1 is 1.22 bits per heavy atom. The van der Waals surface area contributed by atoms with Crippen LogP contribution in [0.4, 0.5) is 5.13 Å². The van der Waals surface area contributed by atoms with Crippen molar-refractivity contribution in [3.05, 3.63) is 5.82 Å². The maximum Gasteiger partial charge on any atom is 0.344 e. The molecule has 0 aliphatic carbocycles. The van der Waals surface area contributed by atoms with Crippen molar-refractivity contribution in [2.75, 3.05) is 70.2 Å². The van der Waals surface area contributed by atoms with Crippen molar-refractivity contribution >= 4 is 69.7 Å². The lowest BCUT2D eigenvalue weighted by Crippen LogP contribution is -2.74. The number of aliphatic carboxylic acids is 2. The van der Waals surface area contributed by atoms with Gasteiger partial charge < -0.3 is 40.8 Å². The van der Waals surface area contributed by atoms with Gasteiger partial charge in [0.05, 0.1) is 0 Å². The van der Waals surface area contributed by atoms with E-state index < -0.39 is 52.9 Å². The van der Waals surface area contributed by atoms with Gasteiger partial charge in [-0.15, -0.1) is 16.9 Å². The molecule has 3 atom stereocenters. The van der Waals surface area contributed by atoms with Crippen LogP contribution in [0.25, 0.3) is 0 Å². The topological polar surface area (TPSA) is 247 Å². The molecule has 3 fully saturated rings. The third-order valence-corrected chi connectivity index (χ3v) is 10.9. The van der Waals surface area contributed by atoms with E-state index in [1.54, 1.807) is 4.68 Å². The number of hydrogen-bond acceptors (Lipinski definition) is 17. The van der Waals surface area contributed by atoms with E-state index in [9.17, 15) is 24.3 Å². The lowest BCUT2D eigenvalue weighted by molar-refractivity contribution is -0.157. The Labute approximate surface area is 269 Å². The molecule has 2 unspecified atom stereocenters. The predicted molar refractivity (Wildman–Crippen MR) is 161 cm³/mol. The van der Waals surface area contributed by atoms with E-state index in [2.05, 4.69) is 52.2 Å². The number of nitrogens with two attached hydrogens (primary N) is 1. The Hall–Kier alpha value is -3.60. The number of nitrogens with one attached hydrogen (secondary N) is 1. The average molecular weight is 685 g/mol. The molecule has 45 heavy (non-hydrogen) atoms. The van der Waals surface area contributed by atoms with Crippen molar-refractivity contribution in [2.24, 2.45) is 10.6 Å². The number of anilines is 1. The fourth-order valence-electron chi connectivity index (χ4n) is 4.94. The zero-order valence-electron chi connectivity index (χ0n) is 24.1. The molecular weight excluding hydrogens is 653 g/mol. The van der Waals surface area contributed by atoms with Gasteiger partial charge in [-0.1, -0.05) is 16.9 Å². The van der Waals surface area contributed by atoms with Crippen LogP contribution in [0.15, 0.2) is 10.3 Å². The molecule has 2 aromatic heterocycles. The molecule has 5 N–H and O–H groups in total. The monoisotopic (exact) mass is 684 g/mol. The van der Waals surface area contributed by atoms with Gasteiger partial charge in [-0.3, -0.25) is 14.4 Å². The molecule has 0 spiro atoms. The fourth-order valence-corrected chi connectivity index (χ4v) is 8.14. The van der Waals surface area contributed by atoms with Crippen LogP contribution < -0.4 is 11.1 Å². The number of carbonyl (C=O) groups is 4. The number of aromatic nitrogens is 6. The molecule has 19 nitrogen and oxygen atoms in total. The second-order valence-electron chi connectivity index (χ2n) is 10.7. The minimum Gasteiger partial charge on any atom is -0.481 e. The fraction of sp³-hybridized carbons (Fsp3) is 0.652. The first-order valence-electron chi connectivity index (χ1n) is 13.8. The molecule has 2 aromatic rings. The molecule has 0 bridgehead atoms. The van der Waals surface area contributed by atoms with Crippen LogP contribution in [-0.2, 0) is 30.6 Å². The van der Waals surface area contributed by atoms with E-state index in [1.807, 2.05) is 0 Å². The van der Waals surface area contributed by atoms with Gasteiger partial charge in [-0.2, -0.15) is 9.36 Å². The number of β-lactam (4-membered cyclic amide) rings is 1. The Balaban J connectivity index is 1.17. The van der Waals surface area contributed by atoms with Crippen molar-refractivity contribution < 1.29 is 34.2 Å². The molecule has 2 amide bonds. The maximum absolute atomic E-state index is 13.1. The van der Waals surface area contributed by atoms with E-state index in [-0.39, 0.29) is 29.0 Å². The highest BCUT2D eigenvalue weighted by atomic mass is 32.2. The van der Waals surface area contributed by atoms with E-state index in [0.717, 1.165) is 50.7 Å². The van der Waals surface area contributed by atoms with Gasteiger partial charge in [-0.25, -0.2) is 9.48 Å². The summed E-state index contributed by atoms with van der Waals surface area (Å²) >= 11 is 3.27. The van der Waals surface area contributed by atoms with E-state index in [1.165, 1.54) is 28.4 Å². The molecule has 3 saturated heterocycles. The van der Waals surface area contributed by atoms with Gasteiger partial charge in [0, 0.05) is 68.9 Å². The Morgan fingerprint density at radius 2 is 2.00 bits per heavy atom. The highest BCUT2D eigenvalue weighted by Crippen LogP contribution is 2.44. The van der Waals surface area contributed by atoms with Crippen LogP contribution in [0, 0.1) is 5.41 Å². The Morgan fingerprint density at radius 3 is 2.69 bits per heavy atom. The normalized spacial score (nSPS) is 24.2. The first kappa shape index (κ1) is 32.8. The van der Waals surface area contributed by atoms with E-state index >= 15 is 0 Å². The molecular formula is C23H32N12O7S3. The molecule has 5 rings (SSSR count). The molecule has 0 aromatic carbocycles. The van der Waals surface area contributed by atoms with Gasteiger partial charge in [0.25, 0.3) is 5.91 Å². The number of nitrogen functional groups attached to an aromatic ring is 1. The summed E-state index contributed by atoms with van der Waals surface area (Å²) in [6.45, 7) is 4.74.